The molecule has 4 bridgehead atoms. The van der Waals surface area contributed by atoms with Gasteiger partial charge in [0.2, 0.25) is 0 Å². The molecule has 2 aromatic heterocycles. The number of anilines is 3. The van der Waals surface area contributed by atoms with E-state index in [0.717, 1.165) is 11.8 Å². The Kier molecular flexibility index (Phi) is 5.38. The zero-order valence-corrected chi connectivity index (χ0v) is 31.3. The molecule has 0 saturated heterocycles. The second-order valence-corrected chi connectivity index (χ2v) is 18.5. The Morgan fingerprint density at radius 3 is 1.85 bits per heavy atom. The molecule has 15 rings (SSSR count). The van der Waals surface area contributed by atoms with E-state index >= 15 is 0 Å². The lowest BCUT2D eigenvalue weighted by Gasteiger charge is -2.41. The van der Waals surface area contributed by atoms with E-state index in [1.54, 1.807) is 11.1 Å². The average Bonchev–Trinajstić information content (AvgIpc) is 3.81. The second kappa shape index (κ2) is 9.96. The molecule has 0 amide bonds. The summed E-state index contributed by atoms with van der Waals surface area (Å²) in [6.07, 6.45) is 7.19. The van der Waals surface area contributed by atoms with Crippen LogP contribution >= 0.6 is 11.3 Å². The summed E-state index contributed by atoms with van der Waals surface area (Å²) in [6, 6.07) is 59.9. The van der Waals surface area contributed by atoms with E-state index in [1.807, 2.05) is 11.3 Å². The van der Waals surface area contributed by atoms with Crippen molar-refractivity contribution in [2.24, 2.45) is 22.7 Å². The highest BCUT2D eigenvalue weighted by Gasteiger charge is 2.94. The Labute approximate surface area is 324 Å². The van der Waals surface area contributed by atoms with E-state index in [-0.39, 0.29) is 5.41 Å². The Morgan fingerprint density at radius 2 is 1.11 bits per heavy atom. The van der Waals surface area contributed by atoms with Crippen LogP contribution in [0.2, 0.25) is 0 Å². The average molecular weight is 723 g/mol. The molecule has 0 atom stereocenters. The number of thiophene rings is 1. The van der Waals surface area contributed by atoms with Crippen molar-refractivity contribution in [2.75, 3.05) is 4.90 Å². The summed E-state index contributed by atoms with van der Waals surface area (Å²) < 4.78 is 5.10. The lowest BCUT2D eigenvalue weighted by atomic mass is 9.63. The van der Waals surface area contributed by atoms with Crippen LogP contribution in [0, 0.1) is 22.7 Å². The smallest absolute Gasteiger partial charge is 0.0543 e. The fraction of sp³-hybridized carbons (Fsp3) is 0.192. The molecule has 6 aliphatic rings. The Bertz CT molecular complexity index is 3040. The third-order valence-corrected chi connectivity index (χ3v) is 16.5. The van der Waals surface area contributed by atoms with Crippen LogP contribution in [0.5, 0.6) is 0 Å². The van der Waals surface area contributed by atoms with Crippen molar-refractivity contribution in [1.29, 1.82) is 0 Å². The van der Waals surface area contributed by atoms with Gasteiger partial charge < -0.3 is 9.47 Å². The summed E-state index contributed by atoms with van der Waals surface area (Å²) in [5.74, 6) is 1.88. The van der Waals surface area contributed by atoms with Crippen molar-refractivity contribution in [3.8, 4) is 16.8 Å². The number of nitrogens with zero attached hydrogens (tertiary/aromatic N) is 2. The highest BCUT2D eigenvalue weighted by molar-refractivity contribution is 7.25. The summed E-state index contributed by atoms with van der Waals surface area (Å²) in [5.41, 5.74) is 14.6. The van der Waals surface area contributed by atoms with Crippen molar-refractivity contribution >= 4 is 70.4 Å². The lowest BCUT2D eigenvalue weighted by molar-refractivity contribution is 0.159. The number of benzene rings is 7. The molecule has 3 heteroatoms. The highest BCUT2D eigenvalue weighted by Crippen LogP contribution is 2.99. The standard InChI is InChI=1S/C52H38N2S/c1-5-14-42-41(13-1)49-43(52(42)50-28-32-26-33(30-50)31-51(50,52)29-32)15-9-18-46(49)53(36-24-25-40-39-12-4-8-19-47(39)55-48(40)27-36)34-20-22-35(23-21-34)54-44-16-6-2-10-37(44)38-11-3-7-17-45(38)54/h1-25,27,32-33H,26,28-31H2. The molecule has 5 fully saturated rings. The molecule has 262 valence electrons. The Morgan fingerprint density at radius 1 is 0.509 bits per heavy atom. The van der Waals surface area contributed by atoms with E-state index in [1.165, 1.54) is 108 Å². The minimum atomic E-state index is 0.164. The summed E-state index contributed by atoms with van der Waals surface area (Å²) in [4.78, 5) is 2.58. The molecule has 2 heterocycles. The van der Waals surface area contributed by atoms with E-state index in [0.29, 0.717) is 10.8 Å². The van der Waals surface area contributed by atoms with Crippen molar-refractivity contribution in [1.82, 2.24) is 4.57 Å². The molecule has 0 radical (unpaired) electrons. The van der Waals surface area contributed by atoms with Crippen LogP contribution < -0.4 is 4.90 Å². The third kappa shape index (κ3) is 3.34. The number of hydrogen-bond acceptors (Lipinski definition) is 2. The highest BCUT2D eigenvalue weighted by atomic mass is 32.1. The van der Waals surface area contributed by atoms with Crippen molar-refractivity contribution in [2.45, 2.75) is 37.5 Å². The molecule has 9 aromatic rings. The predicted octanol–water partition coefficient (Wildman–Crippen LogP) is 14.1. The van der Waals surface area contributed by atoms with Crippen LogP contribution in [0.1, 0.15) is 43.2 Å². The molecule has 6 aliphatic carbocycles. The van der Waals surface area contributed by atoms with Crippen LogP contribution in [-0.2, 0) is 5.41 Å². The molecule has 5 saturated carbocycles. The summed E-state index contributed by atoms with van der Waals surface area (Å²) in [5, 5.41) is 5.26. The van der Waals surface area contributed by atoms with Crippen LogP contribution in [0.4, 0.5) is 17.1 Å². The van der Waals surface area contributed by atoms with Gasteiger partial charge in [0.05, 0.1) is 16.7 Å². The van der Waals surface area contributed by atoms with E-state index in [4.69, 9.17) is 0 Å². The zero-order chi connectivity index (χ0) is 35.7. The SMILES string of the molecule is c1ccc2c(c1)-c1c(N(c3ccc(-n4c5ccccc5c5ccccc54)cc3)c3ccc4c(c3)sc3ccccc34)cccc1C21C23CC4CC(C2)CC31C4. The zero-order valence-electron chi connectivity index (χ0n) is 30.5. The summed E-state index contributed by atoms with van der Waals surface area (Å²) in [7, 11) is 0. The van der Waals surface area contributed by atoms with E-state index in [2.05, 4.69) is 167 Å². The third-order valence-electron chi connectivity index (χ3n) is 15.4. The van der Waals surface area contributed by atoms with Gasteiger partial charge in [-0.1, -0.05) is 97.1 Å². The fourth-order valence-electron chi connectivity index (χ4n) is 14.1. The monoisotopic (exact) mass is 722 g/mol. The Balaban J connectivity index is 0.997. The second-order valence-electron chi connectivity index (χ2n) is 17.4. The maximum absolute atomic E-state index is 2.58. The molecular weight excluding hydrogens is 685 g/mol. The van der Waals surface area contributed by atoms with Crippen molar-refractivity contribution < 1.29 is 0 Å². The van der Waals surface area contributed by atoms with Gasteiger partial charge in [0.1, 0.15) is 0 Å². The van der Waals surface area contributed by atoms with Gasteiger partial charge in [0, 0.05) is 59.0 Å². The first-order chi connectivity index (χ1) is 27.2. The largest absolute Gasteiger partial charge is 0.310 e. The first-order valence-corrected chi connectivity index (χ1v) is 21.0. The van der Waals surface area contributed by atoms with Gasteiger partial charge in [-0.2, -0.15) is 0 Å². The van der Waals surface area contributed by atoms with Crippen LogP contribution in [0.15, 0.2) is 158 Å². The number of hydrogen-bond donors (Lipinski definition) is 0. The molecule has 2 nitrogen and oxygen atoms in total. The first-order valence-electron chi connectivity index (χ1n) is 20.2. The topological polar surface area (TPSA) is 8.17 Å². The molecule has 3 spiro atoms. The van der Waals surface area contributed by atoms with Gasteiger partial charge in [0.15, 0.2) is 0 Å². The molecular formula is C52H38N2S. The normalized spacial score (nSPS) is 26.4. The maximum Gasteiger partial charge on any atom is 0.0543 e. The van der Waals surface area contributed by atoms with Crippen molar-refractivity contribution in [3.63, 3.8) is 0 Å². The number of aromatic nitrogens is 1. The number of rotatable bonds is 4. The van der Waals surface area contributed by atoms with Crippen LogP contribution in [-0.4, -0.2) is 4.57 Å². The maximum atomic E-state index is 2.58. The Hall–Kier alpha value is -5.64. The quantitative estimate of drug-likeness (QED) is 0.176. The van der Waals surface area contributed by atoms with Gasteiger partial charge in [-0.3, -0.25) is 0 Å². The van der Waals surface area contributed by atoms with E-state index < -0.39 is 0 Å². The predicted molar refractivity (Wildman–Crippen MR) is 229 cm³/mol. The van der Waals surface area contributed by atoms with Gasteiger partial charge in [0.25, 0.3) is 0 Å². The fourth-order valence-corrected chi connectivity index (χ4v) is 15.2. The minimum absolute atomic E-state index is 0.164. The molecule has 0 unspecified atom stereocenters. The number of fused-ring (bicyclic) bond motifs is 11. The summed E-state index contributed by atoms with van der Waals surface area (Å²) in [6.45, 7) is 0. The molecule has 7 aromatic carbocycles. The van der Waals surface area contributed by atoms with Gasteiger partial charge in [-0.15, -0.1) is 11.3 Å². The summed E-state index contributed by atoms with van der Waals surface area (Å²) >= 11 is 1.91. The van der Waals surface area contributed by atoms with Crippen molar-refractivity contribution in [3.05, 3.63) is 169 Å². The van der Waals surface area contributed by atoms with Gasteiger partial charge >= 0.3 is 0 Å². The first kappa shape index (κ1) is 29.7. The molecule has 0 aliphatic heterocycles. The minimum Gasteiger partial charge on any atom is -0.310 e. The van der Waals surface area contributed by atoms with Crippen LogP contribution in [0.25, 0.3) is 58.8 Å². The number of para-hydroxylation sites is 2. The van der Waals surface area contributed by atoms with Gasteiger partial charge in [-0.25, -0.2) is 0 Å². The molecule has 0 N–H and O–H groups in total. The molecule has 55 heavy (non-hydrogen) atoms. The van der Waals surface area contributed by atoms with Crippen LogP contribution in [0.3, 0.4) is 0 Å². The van der Waals surface area contributed by atoms with E-state index in [9.17, 15) is 0 Å². The van der Waals surface area contributed by atoms with Gasteiger partial charge in [-0.05, 0) is 132 Å². The lowest BCUT2D eigenvalue weighted by Crippen LogP contribution is -2.34.